The van der Waals surface area contributed by atoms with Crippen molar-refractivity contribution in [1.29, 1.82) is 0 Å². The third kappa shape index (κ3) is 2.94. The standard InChI is InChI=1S/C20H18ClN3O/c21-16-9-7-15(8-10-16)20(12-4-13-20)19(25)22-18-11-14-24(23-18)17-5-2-1-3-6-17/h1-3,5-11,14H,4,12-13H2,(H,22,23,25). The Labute approximate surface area is 151 Å². The lowest BCUT2D eigenvalue weighted by atomic mass is 9.64. The maximum absolute atomic E-state index is 13.0. The summed E-state index contributed by atoms with van der Waals surface area (Å²) in [4.78, 5) is 13.0. The van der Waals surface area contributed by atoms with Crippen molar-refractivity contribution in [3.05, 3.63) is 77.4 Å². The summed E-state index contributed by atoms with van der Waals surface area (Å²) < 4.78 is 1.76. The molecule has 0 saturated heterocycles. The van der Waals surface area contributed by atoms with E-state index in [9.17, 15) is 4.79 Å². The number of hydrogen-bond donors (Lipinski definition) is 1. The second kappa shape index (κ2) is 6.37. The maximum atomic E-state index is 13.0. The summed E-state index contributed by atoms with van der Waals surface area (Å²) in [7, 11) is 0. The minimum Gasteiger partial charge on any atom is -0.308 e. The topological polar surface area (TPSA) is 46.9 Å². The van der Waals surface area contributed by atoms with Crippen LogP contribution in [-0.2, 0) is 10.2 Å². The van der Waals surface area contributed by atoms with Crippen molar-refractivity contribution in [3.8, 4) is 5.69 Å². The molecule has 4 rings (SSSR count). The predicted octanol–water partition coefficient (Wildman–Crippen LogP) is 4.59. The van der Waals surface area contributed by atoms with Crippen LogP contribution in [0.5, 0.6) is 0 Å². The molecule has 1 saturated carbocycles. The van der Waals surface area contributed by atoms with Gasteiger partial charge in [-0.1, -0.05) is 48.4 Å². The third-order valence-electron chi connectivity index (χ3n) is 4.89. The van der Waals surface area contributed by atoms with Crippen LogP contribution < -0.4 is 5.32 Å². The normalized spacial score (nSPS) is 15.4. The number of para-hydroxylation sites is 1. The summed E-state index contributed by atoms with van der Waals surface area (Å²) in [6.45, 7) is 0. The molecule has 0 aliphatic heterocycles. The first kappa shape index (κ1) is 15.9. The molecule has 0 atom stereocenters. The van der Waals surface area contributed by atoms with Gasteiger partial charge in [-0.3, -0.25) is 4.79 Å². The Morgan fingerprint density at radius 3 is 2.40 bits per heavy atom. The lowest BCUT2D eigenvalue weighted by Crippen LogP contribution is -2.46. The van der Waals surface area contributed by atoms with Gasteiger partial charge in [0.05, 0.1) is 11.1 Å². The van der Waals surface area contributed by atoms with Gasteiger partial charge >= 0.3 is 0 Å². The summed E-state index contributed by atoms with van der Waals surface area (Å²) in [6.07, 6.45) is 4.59. The molecule has 1 aliphatic rings. The van der Waals surface area contributed by atoms with E-state index in [-0.39, 0.29) is 5.91 Å². The zero-order chi connectivity index (χ0) is 17.3. The van der Waals surface area contributed by atoms with Crippen LogP contribution in [0.15, 0.2) is 66.9 Å². The highest BCUT2D eigenvalue weighted by molar-refractivity contribution is 6.30. The van der Waals surface area contributed by atoms with Gasteiger partial charge in [0.2, 0.25) is 5.91 Å². The average Bonchev–Trinajstić information content (AvgIpc) is 3.05. The molecule has 0 spiro atoms. The minimum absolute atomic E-state index is 0.000570. The number of rotatable bonds is 4. The molecule has 25 heavy (non-hydrogen) atoms. The van der Waals surface area contributed by atoms with E-state index in [0.29, 0.717) is 10.8 Å². The first-order valence-corrected chi connectivity index (χ1v) is 8.74. The van der Waals surface area contributed by atoms with E-state index in [4.69, 9.17) is 11.6 Å². The molecule has 5 heteroatoms. The van der Waals surface area contributed by atoms with Gasteiger partial charge in [0.1, 0.15) is 0 Å². The van der Waals surface area contributed by atoms with Gasteiger partial charge in [0, 0.05) is 17.3 Å². The van der Waals surface area contributed by atoms with Crippen LogP contribution in [0.25, 0.3) is 5.69 Å². The first-order chi connectivity index (χ1) is 12.2. The summed E-state index contributed by atoms with van der Waals surface area (Å²) in [5, 5.41) is 8.13. The van der Waals surface area contributed by atoms with Crippen molar-refractivity contribution in [1.82, 2.24) is 9.78 Å². The van der Waals surface area contributed by atoms with Crippen molar-refractivity contribution in [2.45, 2.75) is 24.7 Å². The number of carbonyl (C=O) groups is 1. The zero-order valence-electron chi connectivity index (χ0n) is 13.7. The lowest BCUT2D eigenvalue weighted by molar-refractivity contribution is -0.124. The molecule has 1 amide bonds. The van der Waals surface area contributed by atoms with Crippen molar-refractivity contribution in [3.63, 3.8) is 0 Å². The van der Waals surface area contributed by atoms with Gasteiger partial charge in [-0.15, -0.1) is 0 Å². The SMILES string of the molecule is O=C(Nc1ccn(-c2ccccc2)n1)C1(c2ccc(Cl)cc2)CCC1. The Morgan fingerprint density at radius 2 is 1.76 bits per heavy atom. The number of nitrogens with one attached hydrogen (secondary N) is 1. The molecule has 4 nitrogen and oxygen atoms in total. The largest absolute Gasteiger partial charge is 0.308 e. The molecule has 1 N–H and O–H groups in total. The molecule has 3 aromatic rings. The number of benzene rings is 2. The number of amides is 1. The summed E-state index contributed by atoms with van der Waals surface area (Å²) in [6, 6.07) is 19.2. The van der Waals surface area contributed by atoms with E-state index in [0.717, 1.165) is 30.5 Å². The first-order valence-electron chi connectivity index (χ1n) is 8.36. The van der Waals surface area contributed by atoms with Gasteiger partial charge in [0.25, 0.3) is 0 Å². The second-order valence-corrected chi connectivity index (χ2v) is 6.81. The second-order valence-electron chi connectivity index (χ2n) is 6.38. The zero-order valence-corrected chi connectivity index (χ0v) is 14.4. The minimum atomic E-state index is -0.471. The molecule has 0 bridgehead atoms. The maximum Gasteiger partial charge on any atom is 0.236 e. The third-order valence-corrected chi connectivity index (χ3v) is 5.14. The monoisotopic (exact) mass is 351 g/mol. The van der Waals surface area contributed by atoms with Crippen molar-refractivity contribution >= 4 is 23.3 Å². The van der Waals surface area contributed by atoms with E-state index < -0.39 is 5.41 Å². The highest BCUT2D eigenvalue weighted by Gasteiger charge is 2.45. The molecule has 0 unspecified atom stereocenters. The average molecular weight is 352 g/mol. The van der Waals surface area contributed by atoms with Crippen LogP contribution in [0.1, 0.15) is 24.8 Å². The molecule has 2 aromatic carbocycles. The summed E-state index contributed by atoms with van der Waals surface area (Å²) in [5.41, 5.74) is 1.50. The van der Waals surface area contributed by atoms with E-state index in [1.807, 2.05) is 66.9 Å². The van der Waals surface area contributed by atoms with Crippen LogP contribution >= 0.6 is 11.6 Å². The van der Waals surface area contributed by atoms with E-state index in [2.05, 4.69) is 10.4 Å². The molecule has 1 fully saturated rings. The quantitative estimate of drug-likeness (QED) is 0.747. The van der Waals surface area contributed by atoms with Crippen molar-refractivity contribution < 1.29 is 4.79 Å². The number of anilines is 1. The Morgan fingerprint density at radius 1 is 1.04 bits per heavy atom. The van der Waals surface area contributed by atoms with E-state index in [1.165, 1.54) is 0 Å². The highest BCUT2D eigenvalue weighted by Crippen LogP contribution is 2.44. The van der Waals surface area contributed by atoms with Gasteiger partial charge in [-0.2, -0.15) is 5.10 Å². The number of halogens is 1. The van der Waals surface area contributed by atoms with Crippen LogP contribution in [-0.4, -0.2) is 15.7 Å². The van der Waals surface area contributed by atoms with Crippen LogP contribution in [0.4, 0.5) is 5.82 Å². The molecule has 0 radical (unpaired) electrons. The number of carbonyl (C=O) groups excluding carboxylic acids is 1. The molecule has 126 valence electrons. The fourth-order valence-electron chi connectivity index (χ4n) is 3.30. The van der Waals surface area contributed by atoms with Gasteiger partial charge < -0.3 is 5.32 Å². The summed E-state index contributed by atoms with van der Waals surface area (Å²) >= 11 is 5.98. The summed E-state index contributed by atoms with van der Waals surface area (Å²) in [5.74, 6) is 0.563. The van der Waals surface area contributed by atoms with Gasteiger partial charge in [0.15, 0.2) is 5.82 Å². The molecule has 1 heterocycles. The lowest BCUT2D eigenvalue weighted by Gasteiger charge is -2.40. The van der Waals surface area contributed by atoms with Crippen molar-refractivity contribution in [2.24, 2.45) is 0 Å². The fraction of sp³-hybridized carbons (Fsp3) is 0.200. The number of aromatic nitrogens is 2. The van der Waals surface area contributed by atoms with Crippen LogP contribution in [0.3, 0.4) is 0 Å². The molecular weight excluding hydrogens is 334 g/mol. The fourth-order valence-corrected chi connectivity index (χ4v) is 3.42. The predicted molar refractivity (Wildman–Crippen MR) is 99.2 cm³/mol. The number of nitrogens with zero attached hydrogens (tertiary/aromatic N) is 2. The van der Waals surface area contributed by atoms with Crippen LogP contribution in [0, 0.1) is 0 Å². The Balaban J connectivity index is 1.55. The van der Waals surface area contributed by atoms with Crippen LogP contribution in [0.2, 0.25) is 5.02 Å². The molecular formula is C20H18ClN3O. The Hall–Kier alpha value is -2.59. The Bertz CT molecular complexity index is 883. The van der Waals surface area contributed by atoms with Gasteiger partial charge in [-0.25, -0.2) is 4.68 Å². The van der Waals surface area contributed by atoms with Crippen molar-refractivity contribution in [2.75, 3.05) is 5.32 Å². The highest BCUT2D eigenvalue weighted by atomic mass is 35.5. The molecule has 1 aliphatic carbocycles. The van der Waals surface area contributed by atoms with Gasteiger partial charge in [-0.05, 0) is 42.7 Å². The Kier molecular flexibility index (Phi) is 4.06. The van der Waals surface area contributed by atoms with E-state index in [1.54, 1.807) is 4.68 Å². The molecule has 1 aromatic heterocycles. The van der Waals surface area contributed by atoms with E-state index >= 15 is 0 Å². The smallest absolute Gasteiger partial charge is 0.236 e. The number of hydrogen-bond acceptors (Lipinski definition) is 2.